The fraction of sp³-hybridized carbons (Fsp3) is 0.0417. The average molecular weight is 481 g/mol. The zero-order chi connectivity index (χ0) is 22.7. The Labute approximate surface area is 199 Å². The maximum absolute atomic E-state index is 13.2. The number of thioether (sulfide) groups is 1. The maximum atomic E-state index is 13.2. The Morgan fingerprint density at radius 1 is 1.06 bits per heavy atom. The van der Waals surface area contributed by atoms with Crippen molar-refractivity contribution in [2.45, 2.75) is 6.61 Å². The summed E-state index contributed by atoms with van der Waals surface area (Å²) in [6, 6.07) is 21.5. The highest BCUT2D eigenvalue weighted by atomic mass is 35.5. The van der Waals surface area contributed by atoms with E-state index in [1.807, 2.05) is 42.5 Å². The zero-order valence-corrected chi connectivity index (χ0v) is 19.0. The summed E-state index contributed by atoms with van der Waals surface area (Å²) in [6.45, 7) is 0.289. The number of hydrogen-bond donors (Lipinski definition) is 1. The first-order chi connectivity index (χ1) is 15.5. The second kappa shape index (κ2) is 9.56. The van der Waals surface area contributed by atoms with Crippen molar-refractivity contribution in [3.8, 4) is 5.75 Å². The van der Waals surface area contributed by atoms with Crippen LogP contribution in [0.3, 0.4) is 0 Å². The molecular formula is C24H17ClN2O3S2. The van der Waals surface area contributed by atoms with Gasteiger partial charge in [-0.15, -0.1) is 0 Å². The number of halogens is 1. The van der Waals surface area contributed by atoms with Gasteiger partial charge in [0.05, 0.1) is 16.2 Å². The molecule has 0 atom stereocenters. The monoisotopic (exact) mass is 480 g/mol. The Morgan fingerprint density at radius 3 is 2.53 bits per heavy atom. The minimum absolute atomic E-state index is 0.230. The van der Waals surface area contributed by atoms with Gasteiger partial charge in [-0.2, -0.15) is 0 Å². The van der Waals surface area contributed by atoms with Crippen LogP contribution in [0.5, 0.6) is 5.75 Å². The van der Waals surface area contributed by atoms with Crippen LogP contribution in [0.2, 0.25) is 5.02 Å². The van der Waals surface area contributed by atoms with E-state index in [9.17, 15) is 9.59 Å². The van der Waals surface area contributed by atoms with Crippen molar-refractivity contribution < 1.29 is 14.3 Å². The van der Waals surface area contributed by atoms with E-state index in [1.54, 1.807) is 36.4 Å². The topological polar surface area (TPSA) is 72.6 Å². The molecule has 0 saturated carbocycles. The molecular weight excluding hydrogens is 464 g/mol. The molecule has 2 amide bonds. The van der Waals surface area contributed by atoms with E-state index < -0.39 is 5.91 Å². The number of carbonyl (C=O) groups is 2. The molecule has 0 bridgehead atoms. The number of rotatable bonds is 6. The molecule has 3 aromatic rings. The molecule has 2 N–H and O–H groups in total. The van der Waals surface area contributed by atoms with Gasteiger partial charge < -0.3 is 10.5 Å². The number of hydrogen-bond acceptors (Lipinski definition) is 5. The van der Waals surface area contributed by atoms with Crippen LogP contribution in [0.1, 0.15) is 21.5 Å². The third kappa shape index (κ3) is 4.55. The summed E-state index contributed by atoms with van der Waals surface area (Å²) in [6.07, 6.45) is 1.73. The van der Waals surface area contributed by atoms with Crippen molar-refractivity contribution in [3.63, 3.8) is 0 Å². The Morgan fingerprint density at radius 2 is 1.75 bits per heavy atom. The molecule has 32 heavy (non-hydrogen) atoms. The lowest BCUT2D eigenvalue weighted by atomic mass is 10.1. The smallest absolute Gasteiger partial charge is 0.270 e. The number of benzene rings is 3. The largest absolute Gasteiger partial charge is 0.488 e. The van der Waals surface area contributed by atoms with E-state index >= 15 is 0 Å². The molecule has 0 unspecified atom stereocenters. The number of ether oxygens (including phenoxy) is 1. The standard InChI is InChI=1S/C24H17ClN2O3S2/c25-18-10-4-1-8-16(18)14-30-20-12-6-2-7-15(20)13-21-23(29)27(24(31)32-21)19-11-5-3-9-17(19)22(26)28/h1-13H,14H2,(H2,26,28)/b21-13-. The predicted octanol–water partition coefficient (Wildman–Crippen LogP) is 5.42. The lowest BCUT2D eigenvalue weighted by Gasteiger charge is -2.17. The maximum Gasteiger partial charge on any atom is 0.270 e. The molecule has 1 heterocycles. The number of nitrogens with zero attached hydrogens (tertiary/aromatic N) is 1. The number of carbonyl (C=O) groups excluding carboxylic acids is 2. The molecule has 1 saturated heterocycles. The highest BCUT2D eigenvalue weighted by molar-refractivity contribution is 8.27. The van der Waals surface area contributed by atoms with Crippen LogP contribution in [0.4, 0.5) is 5.69 Å². The summed E-state index contributed by atoms with van der Waals surface area (Å²) in [7, 11) is 0. The van der Waals surface area contributed by atoms with Gasteiger partial charge in [0.1, 0.15) is 12.4 Å². The van der Waals surface area contributed by atoms with Gasteiger partial charge in [-0.05, 0) is 30.3 Å². The van der Waals surface area contributed by atoms with Crippen LogP contribution in [0, 0.1) is 0 Å². The summed E-state index contributed by atoms with van der Waals surface area (Å²) in [5.74, 6) is -0.346. The minimum atomic E-state index is -0.628. The first kappa shape index (κ1) is 22.1. The van der Waals surface area contributed by atoms with Crippen molar-refractivity contribution in [3.05, 3.63) is 99.4 Å². The summed E-state index contributed by atoms with van der Waals surface area (Å²) in [4.78, 5) is 26.7. The molecule has 4 rings (SSSR count). The lowest BCUT2D eigenvalue weighted by Crippen LogP contribution is -2.30. The average Bonchev–Trinajstić information content (AvgIpc) is 3.06. The predicted molar refractivity (Wildman–Crippen MR) is 133 cm³/mol. The quantitative estimate of drug-likeness (QED) is 0.376. The van der Waals surface area contributed by atoms with Gasteiger partial charge in [0.2, 0.25) is 0 Å². The second-order valence-electron chi connectivity index (χ2n) is 6.82. The van der Waals surface area contributed by atoms with Gasteiger partial charge in [-0.3, -0.25) is 14.5 Å². The van der Waals surface area contributed by atoms with Crippen LogP contribution < -0.4 is 15.4 Å². The molecule has 0 spiro atoms. The van der Waals surface area contributed by atoms with E-state index in [2.05, 4.69) is 0 Å². The summed E-state index contributed by atoms with van der Waals surface area (Å²) < 4.78 is 6.30. The van der Waals surface area contributed by atoms with Crippen LogP contribution >= 0.6 is 35.6 Å². The number of primary amides is 1. The third-order valence-electron chi connectivity index (χ3n) is 4.75. The fourth-order valence-corrected chi connectivity index (χ4v) is 4.66. The van der Waals surface area contributed by atoms with E-state index in [4.69, 9.17) is 34.3 Å². The molecule has 1 aliphatic heterocycles. The van der Waals surface area contributed by atoms with Crippen molar-refractivity contribution in [2.24, 2.45) is 5.73 Å². The van der Waals surface area contributed by atoms with Gasteiger partial charge >= 0.3 is 0 Å². The lowest BCUT2D eigenvalue weighted by molar-refractivity contribution is -0.113. The van der Waals surface area contributed by atoms with Crippen molar-refractivity contribution in [1.82, 2.24) is 0 Å². The van der Waals surface area contributed by atoms with Gasteiger partial charge in [-0.1, -0.05) is 84.1 Å². The number of thiocarbonyl (C=S) groups is 1. The minimum Gasteiger partial charge on any atom is -0.488 e. The third-order valence-corrected chi connectivity index (χ3v) is 6.42. The highest BCUT2D eigenvalue weighted by Gasteiger charge is 2.35. The van der Waals surface area contributed by atoms with Gasteiger partial charge in [0.25, 0.3) is 11.8 Å². The molecule has 3 aromatic carbocycles. The Balaban J connectivity index is 1.62. The molecule has 8 heteroatoms. The fourth-order valence-electron chi connectivity index (χ4n) is 3.20. The van der Waals surface area contributed by atoms with Crippen LogP contribution in [-0.4, -0.2) is 16.1 Å². The van der Waals surface area contributed by atoms with E-state index in [0.717, 1.165) is 22.9 Å². The molecule has 0 radical (unpaired) electrons. The number of nitrogens with two attached hydrogens (primary N) is 1. The second-order valence-corrected chi connectivity index (χ2v) is 8.90. The number of para-hydroxylation sites is 2. The molecule has 1 fully saturated rings. The number of amides is 2. The normalized spacial score (nSPS) is 14.8. The van der Waals surface area contributed by atoms with Crippen LogP contribution in [0.25, 0.3) is 6.08 Å². The van der Waals surface area contributed by atoms with Crippen LogP contribution in [-0.2, 0) is 11.4 Å². The van der Waals surface area contributed by atoms with Gasteiger partial charge in [-0.25, -0.2) is 0 Å². The van der Waals surface area contributed by atoms with Crippen molar-refractivity contribution in [2.75, 3.05) is 4.90 Å². The SMILES string of the molecule is NC(=O)c1ccccc1N1C(=O)/C(=C/c2ccccc2OCc2ccccc2Cl)SC1=S. The first-order valence-electron chi connectivity index (χ1n) is 9.57. The molecule has 5 nitrogen and oxygen atoms in total. The van der Waals surface area contributed by atoms with Crippen molar-refractivity contribution >= 4 is 63.5 Å². The molecule has 0 aliphatic carbocycles. The first-order valence-corrected chi connectivity index (χ1v) is 11.2. The van der Waals surface area contributed by atoms with E-state index in [0.29, 0.717) is 25.7 Å². The van der Waals surface area contributed by atoms with Crippen LogP contribution in [0.15, 0.2) is 77.7 Å². The van der Waals surface area contributed by atoms with E-state index in [1.165, 1.54) is 4.90 Å². The Bertz CT molecular complexity index is 1260. The van der Waals surface area contributed by atoms with Gasteiger partial charge in [0, 0.05) is 16.1 Å². The highest BCUT2D eigenvalue weighted by Crippen LogP contribution is 2.38. The number of anilines is 1. The van der Waals surface area contributed by atoms with Gasteiger partial charge in [0.15, 0.2) is 4.32 Å². The van der Waals surface area contributed by atoms with E-state index in [-0.39, 0.29) is 18.1 Å². The Kier molecular flexibility index (Phi) is 6.60. The molecule has 160 valence electrons. The molecule has 1 aliphatic rings. The summed E-state index contributed by atoms with van der Waals surface area (Å²) in [5, 5.41) is 0.624. The summed E-state index contributed by atoms with van der Waals surface area (Å²) >= 11 is 12.8. The van der Waals surface area contributed by atoms with Crippen molar-refractivity contribution in [1.29, 1.82) is 0 Å². The Hall–Kier alpha value is -3.13. The zero-order valence-electron chi connectivity index (χ0n) is 16.7. The molecule has 0 aromatic heterocycles. The summed E-state index contributed by atoms with van der Waals surface area (Å²) in [5.41, 5.74) is 7.66.